The van der Waals surface area contributed by atoms with Gasteiger partial charge in [0.2, 0.25) is 0 Å². The van der Waals surface area contributed by atoms with Crippen molar-refractivity contribution in [1.82, 2.24) is 10.2 Å². The number of aromatic nitrogens is 2. The summed E-state index contributed by atoms with van der Waals surface area (Å²) in [6.07, 6.45) is 0. The monoisotopic (exact) mass is 419 g/mol. The number of hydrogen-bond donors (Lipinski definition) is 2. The molecule has 9 nitrogen and oxygen atoms in total. The van der Waals surface area contributed by atoms with E-state index in [0.717, 1.165) is 37.6 Å². The number of benzene rings is 2. The number of para-hydroxylation sites is 1. The van der Waals surface area contributed by atoms with Crippen LogP contribution in [0.2, 0.25) is 0 Å². The summed E-state index contributed by atoms with van der Waals surface area (Å²) in [5.41, 5.74) is 1.78. The number of rotatable bonds is 5. The molecule has 1 saturated heterocycles. The highest BCUT2D eigenvalue weighted by atomic mass is 16.6. The maximum atomic E-state index is 12.6. The number of anilines is 2. The lowest BCUT2D eigenvalue weighted by atomic mass is 10.1. The van der Waals surface area contributed by atoms with Crippen molar-refractivity contribution >= 4 is 23.1 Å². The van der Waals surface area contributed by atoms with E-state index in [1.807, 2.05) is 18.2 Å². The average Bonchev–Trinajstić information content (AvgIpc) is 2.80. The second-order valence-corrected chi connectivity index (χ2v) is 7.53. The Kier molecular flexibility index (Phi) is 5.85. The van der Waals surface area contributed by atoms with Gasteiger partial charge in [-0.25, -0.2) is 0 Å². The normalized spacial score (nSPS) is 14.3. The fourth-order valence-corrected chi connectivity index (χ4v) is 3.54. The van der Waals surface area contributed by atoms with Crippen molar-refractivity contribution < 1.29 is 14.6 Å². The van der Waals surface area contributed by atoms with Gasteiger partial charge in [-0.05, 0) is 30.3 Å². The molecule has 4 rings (SSSR count). The molecule has 3 aromatic rings. The summed E-state index contributed by atoms with van der Waals surface area (Å²) < 4.78 is 0. The van der Waals surface area contributed by atoms with Gasteiger partial charge in [0.25, 0.3) is 11.6 Å². The van der Waals surface area contributed by atoms with Crippen molar-refractivity contribution in [2.45, 2.75) is 0 Å². The Balaban J connectivity index is 1.50. The van der Waals surface area contributed by atoms with Crippen molar-refractivity contribution in [3.8, 4) is 11.3 Å². The van der Waals surface area contributed by atoms with E-state index in [1.165, 1.54) is 23.1 Å². The minimum absolute atomic E-state index is 0.0102. The number of nitro groups is 1. The number of nitro benzene ring substituents is 1. The molecular weight excluding hydrogens is 396 g/mol. The number of hydrogen-bond acceptors (Lipinski definition) is 6. The van der Waals surface area contributed by atoms with Crippen LogP contribution in [0.1, 0.15) is 10.4 Å². The summed E-state index contributed by atoms with van der Waals surface area (Å²) in [4.78, 5) is 26.9. The molecule has 1 aliphatic heterocycles. The van der Waals surface area contributed by atoms with Gasteiger partial charge in [-0.3, -0.25) is 14.9 Å². The predicted octanol–water partition coefficient (Wildman–Crippen LogP) is 1.64. The molecule has 1 fully saturated rings. The Morgan fingerprint density at radius 2 is 1.84 bits per heavy atom. The molecule has 0 spiro atoms. The van der Waals surface area contributed by atoms with Crippen molar-refractivity contribution in [1.29, 1.82) is 0 Å². The van der Waals surface area contributed by atoms with Gasteiger partial charge in [0, 0.05) is 17.3 Å². The summed E-state index contributed by atoms with van der Waals surface area (Å²) in [5.74, 6) is 0.320. The molecule has 1 aromatic heterocycles. The van der Waals surface area contributed by atoms with Gasteiger partial charge < -0.3 is 15.1 Å². The van der Waals surface area contributed by atoms with Crippen LogP contribution in [0.5, 0.6) is 0 Å². The molecule has 0 aliphatic carbocycles. The topological polar surface area (TPSA) is 106 Å². The molecular formula is C22H23N6O3+. The highest BCUT2D eigenvalue weighted by molar-refractivity contribution is 6.07. The number of likely N-dealkylation sites (N-methyl/N-ethyl adjacent to an activating group) is 1. The predicted molar refractivity (Wildman–Crippen MR) is 117 cm³/mol. The Morgan fingerprint density at radius 1 is 1.06 bits per heavy atom. The quantitative estimate of drug-likeness (QED) is 0.481. The van der Waals surface area contributed by atoms with Crippen LogP contribution >= 0.6 is 0 Å². The summed E-state index contributed by atoms with van der Waals surface area (Å²) in [5, 5.41) is 22.6. The zero-order chi connectivity index (χ0) is 21.8. The number of nitrogens with one attached hydrogen (secondary N) is 2. The SMILES string of the molecule is C[NH+]1CCN(c2ccc(-c3cccc(NC(=O)c4ccccc4[N+](=O)[O-])c3)nn2)CC1. The van der Waals surface area contributed by atoms with Gasteiger partial charge in [0.1, 0.15) is 5.56 Å². The second-order valence-electron chi connectivity index (χ2n) is 7.53. The van der Waals surface area contributed by atoms with Crippen LogP contribution in [-0.2, 0) is 0 Å². The first kappa shape index (κ1) is 20.4. The first-order valence-electron chi connectivity index (χ1n) is 10.1. The van der Waals surface area contributed by atoms with Crippen LogP contribution in [-0.4, -0.2) is 54.3 Å². The van der Waals surface area contributed by atoms with Crippen molar-refractivity contribution in [3.63, 3.8) is 0 Å². The minimum atomic E-state index is -0.565. The van der Waals surface area contributed by atoms with Crippen molar-refractivity contribution in [2.24, 2.45) is 0 Å². The highest BCUT2D eigenvalue weighted by Gasteiger charge is 2.20. The van der Waals surface area contributed by atoms with Crippen LogP contribution in [0.15, 0.2) is 60.7 Å². The molecule has 1 amide bonds. The first-order valence-corrected chi connectivity index (χ1v) is 10.1. The number of carbonyl (C=O) groups excluding carboxylic acids is 1. The zero-order valence-corrected chi connectivity index (χ0v) is 17.1. The van der Waals surface area contributed by atoms with Gasteiger partial charge in [-0.1, -0.05) is 24.3 Å². The van der Waals surface area contributed by atoms with Crippen molar-refractivity contribution in [3.05, 3.63) is 76.3 Å². The van der Waals surface area contributed by atoms with E-state index in [2.05, 4.69) is 27.5 Å². The standard InChI is InChI=1S/C22H22N6O3/c1-26-11-13-27(14-12-26)21-10-9-19(24-25-21)16-5-4-6-17(15-16)23-22(29)18-7-2-3-8-20(18)28(30)31/h2-10,15H,11-14H2,1H3,(H,23,29)/p+1. The number of piperazine rings is 1. The Hall–Kier alpha value is -3.85. The molecule has 0 radical (unpaired) electrons. The second kappa shape index (κ2) is 8.88. The molecule has 0 saturated carbocycles. The van der Waals surface area contributed by atoms with Gasteiger partial charge in [-0.15, -0.1) is 10.2 Å². The molecule has 9 heteroatoms. The van der Waals surface area contributed by atoms with Gasteiger partial charge in [0.05, 0.1) is 43.8 Å². The van der Waals surface area contributed by atoms with Crippen LogP contribution in [0.4, 0.5) is 17.2 Å². The lowest BCUT2D eigenvalue weighted by Crippen LogP contribution is -3.12. The van der Waals surface area contributed by atoms with E-state index in [-0.39, 0.29) is 11.3 Å². The smallest absolute Gasteiger partial charge is 0.282 e. The number of amides is 1. The largest absolute Gasteiger partial charge is 0.344 e. The van der Waals surface area contributed by atoms with Crippen LogP contribution < -0.4 is 15.1 Å². The summed E-state index contributed by atoms with van der Waals surface area (Å²) in [6.45, 7) is 4.05. The summed E-state index contributed by atoms with van der Waals surface area (Å²) >= 11 is 0. The zero-order valence-electron chi connectivity index (χ0n) is 17.1. The molecule has 0 bridgehead atoms. The van der Waals surface area contributed by atoms with Crippen LogP contribution in [0.3, 0.4) is 0 Å². The third kappa shape index (κ3) is 4.67. The molecule has 2 N–H and O–H groups in total. The lowest BCUT2D eigenvalue weighted by Gasteiger charge is -2.30. The lowest BCUT2D eigenvalue weighted by molar-refractivity contribution is -0.880. The van der Waals surface area contributed by atoms with E-state index < -0.39 is 10.8 Å². The summed E-state index contributed by atoms with van der Waals surface area (Å²) in [7, 11) is 2.19. The van der Waals surface area contributed by atoms with E-state index in [9.17, 15) is 14.9 Å². The molecule has 158 valence electrons. The molecule has 2 aromatic carbocycles. The summed E-state index contributed by atoms with van der Waals surface area (Å²) in [6, 6.07) is 16.9. The Labute approximate surface area is 179 Å². The van der Waals surface area contributed by atoms with Gasteiger partial charge in [0.15, 0.2) is 5.82 Å². The maximum Gasteiger partial charge on any atom is 0.282 e. The number of quaternary nitrogens is 1. The van der Waals surface area contributed by atoms with Crippen LogP contribution in [0, 0.1) is 10.1 Å². The van der Waals surface area contributed by atoms with E-state index in [0.29, 0.717) is 11.4 Å². The molecule has 31 heavy (non-hydrogen) atoms. The van der Waals surface area contributed by atoms with Gasteiger partial charge >= 0.3 is 0 Å². The Morgan fingerprint density at radius 3 is 2.55 bits per heavy atom. The molecule has 2 heterocycles. The third-order valence-electron chi connectivity index (χ3n) is 5.35. The minimum Gasteiger partial charge on any atom is -0.344 e. The maximum absolute atomic E-state index is 12.6. The first-order chi connectivity index (χ1) is 15.0. The number of carbonyl (C=O) groups is 1. The van der Waals surface area contributed by atoms with E-state index >= 15 is 0 Å². The van der Waals surface area contributed by atoms with Crippen molar-refractivity contribution in [2.75, 3.05) is 43.4 Å². The fourth-order valence-electron chi connectivity index (χ4n) is 3.54. The average molecular weight is 419 g/mol. The highest BCUT2D eigenvalue weighted by Crippen LogP contribution is 2.24. The fraction of sp³-hybridized carbons (Fsp3) is 0.227. The Bertz CT molecular complexity index is 1090. The van der Waals surface area contributed by atoms with Gasteiger partial charge in [-0.2, -0.15) is 0 Å². The van der Waals surface area contributed by atoms with Crippen LogP contribution in [0.25, 0.3) is 11.3 Å². The third-order valence-corrected chi connectivity index (χ3v) is 5.35. The van der Waals surface area contributed by atoms with E-state index in [4.69, 9.17) is 0 Å². The van der Waals surface area contributed by atoms with E-state index in [1.54, 1.807) is 24.3 Å². The molecule has 1 aliphatic rings. The number of nitrogens with zero attached hydrogens (tertiary/aromatic N) is 4. The molecule has 0 unspecified atom stereocenters. The molecule has 0 atom stereocenters.